The summed E-state index contributed by atoms with van der Waals surface area (Å²) in [5.74, 6) is -0.163. The molecule has 1 saturated heterocycles. The van der Waals surface area contributed by atoms with E-state index in [2.05, 4.69) is 39.5 Å². The molecule has 0 saturated carbocycles. The van der Waals surface area contributed by atoms with Crippen molar-refractivity contribution in [3.05, 3.63) is 103 Å². The van der Waals surface area contributed by atoms with Crippen LogP contribution >= 0.6 is 0 Å². The van der Waals surface area contributed by atoms with Crippen LogP contribution in [0.2, 0.25) is 0 Å². The van der Waals surface area contributed by atoms with E-state index in [1.807, 2.05) is 60.3 Å². The number of morpholine rings is 1. The summed E-state index contributed by atoms with van der Waals surface area (Å²) in [7, 11) is 0. The van der Waals surface area contributed by atoms with E-state index in [9.17, 15) is 4.79 Å². The number of hydrogen-bond acceptors (Lipinski definition) is 5. The normalized spacial score (nSPS) is 14.6. The Morgan fingerprint density at radius 3 is 2.50 bits per heavy atom. The number of carbonyl (C=O) groups is 1. The first kappa shape index (κ1) is 23.5. The van der Waals surface area contributed by atoms with Gasteiger partial charge in [-0.2, -0.15) is 5.10 Å². The second kappa shape index (κ2) is 11.0. The molecule has 4 aromatic rings. The van der Waals surface area contributed by atoms with Crippen LogP contribution in [0.1, 0.15) is 24.1 Å². The summed E-state index contributed by atoms with van der Waals surface area (Å²) in [4.78, 5) is 19.3. The first-order valence-corrected chi connectivity index (χ1v) is 12.1. The number of rotatable bonds is 7. The zero-order valence-electron chi connectivity index (χ0n) is 20.2. The van der Waals surface area contributed by atoms with Crippen LogP contribution in [0.5, 0.6) is 0 Å². The summed E-state index contributed by atoms with van der Waals surface area (Å²) in [5.41, 5.74) is 5.68. The molecule has 1 unspecified atom stereocenters. The van der Waals surface area contributed by atoms with Gasteiger partial charge in [0.25, 0.3) is 0 Å². The Labute approximate surface area is 211 Å². The van der Waals surface area contributed by atoms with Gasteiger partial charge in [0.05, 0.1) is 24.9 Å². The molecular formula is C29H29N5O2. The molecule has 5 rings (SSSR count). The highest BCUT2D eigenvalue weighted by Gasteiger charge is 2.14. The van der Waals surface area contributed by atoms with Crippen molar-refractivity contribution in [3.63, 3.8) is 0 Å². The van der Waals surface area contributed by atoms with Crippen molar-refractivity contribution in [3.8, 4) is 16.9 Å². The topological polar surface area (TPSA) is 72.3 Å². The summed E-state index contributed by atoms with van der Waals surface area (Å²) in [5, 5.41) is 7.83. The van der Waals surface area contributed by atoms with Gasteiger partial charge in [0, 0.05) is 54.6 Å². The average Bonchev–Trinajstić information content (AvgIpc) is 3.38. The Balaban J connectivity index is 1.29. The first-order valence-electron chi connectivity index (χ1n) is 12.1. The van der Waals surface area contributed by atoms with Gasteiger partial charge in [-0.3, -0.25) is 9.78 Å². The van der Waals surface area contributed by atoms with Crippen LogP contribution in [-0.4, -0.2) is 47.0 Å². The Bertz CT molecular complexity index is 1310. The number of nitrogens with zero attached hydrogens (tertiary/aromatic N) is 4. The largest absolute Gasteiger partial charge is 0.378 e. The van der Waals surface area contributed by atoms with Crippen molar-refractivity contribution in [2.45, 2.75) is 13.0 Å². The smallest absolute Gasteiger partial charge is 0.244 e. The number of aromatic nitrogens is 3. The standard InChI is InChI=1S/C29H29N5O2/c1-22(23-9-12-26(13-10-23)33-16-18-36-19-17-33)31-28(35)14-11-25-21-34(27-7-3-2-4-8-27)32-29(25)24-6-5-15-30-20-24/h2-15,20-22H,16-19H2,1H3,(H,31,35)/b14-11+. The van der Waals surface area contributed by atoms with Crippen molar-refractivity contribution < 1.29 is 9.53 Å². The quantitative estimate of drug-likeness (QED) is 0.390. The maximum absolute atomic E-state index is 12.8. The lowest BCUT2D eigenvalue weighted by Gasteiger charge is -2.29. The second-order valence-corrected chi connectivity index (χ2v) is 8.71. The van der Waals surface area contributed by atoms with Crippen molar-refractivity contribution in [2.24, 2.45) is 0 Å². The van der Waals surface area contributed by atoms with Crippen molar-refractivity contribution in [2.75, 3.05) is 31.2 Å². The number of carbonyl (C=O) groups excluding carboxylic acids is 1. The molecular weight excluding hydrogens is 450 g/mol. The van der Waals surface area contributed by atoms with E-state index in [1.165, 1.54) is 5.69 Å². The van der Waals surface area contributed by atoms with Gasteiger partial charge in [0.15, 0.2) is 0 Å². The molecule has 1 amide bonds. The van der Waals surface area contributed by atoms with E-state index < -0.39 is 0 Å². The second-order valence-electron chi connectivity index (χ2n) is 8.71. The molecule has 2 aromatic heterocycles. The van der Waals surface area contributed by atoms with E-state index in [4.69, 9.17) is 9.84 Å². The summed E-state index contributed by atoms with van der Waals surface area (Å²) in [6, 6.07) is 22.0. The predicted molar refractivity (Wildman–Crippen MR) is 142 cm³/mol. The van der Waals surface area contributed by atoms with Crippen LogP contribution in [0.4, 0.5) is 5.69 Å². The highest BCUT2D eigenvalue weighted by atomic mass is 16.5. The highest BCUT2D eigenvalue weighted by molar-refractivity contribution is 5.93. The van der Waals surface area contributed by atoms with Crippen LogP contribution in [0.25, 0.3) is 23.0 Å². The summed E-state index contributed by atoms with van der Waals surface area (Å²) in [6.07, 6.45) is 8.80. The number of anilines is 1. The monoisotopic (exact) mass is 479 g/mol. The molecule has 1 fully saturated rings. The maximum atomic E-state index is 12.8. The third-order valence-corrected chi connectivity index (χ3v) is 6.24. The van der Waals surface area contributed by atoms with Gasteiger partial charge in [-0.15, -0.1) is 0 Å². The van der Waals surface area contributed by atoms with Crippen molar-refractivity contribution in [1.29, 1.82) is 0 Å². The van der Waals surface area contributed by atoms with Crippen LogP contribution in [0.3, 0.4) is 0 Å². The van der Waals surface area contributed by atoms with Gasteiger partial charge in [-0.25, -0.2) is 4.68 Å². The van der Waals surface area contributed by atoms with E-state index in [-0.39, 0.29) is 11.9 Å². The molecule has 182 valence electrons. The van der Waals surface area contributed by atoms with Gasteiger partial charge < -0.3 is 15.0 Å². The Morgan fingerprint density at radius 2 is 1.78 bits per heavy atom. The molecule has 1 N–H and O–H groups in total. The molecule has 2 aromatic carbocycles. The molecule has 0 bridgehead atoms. The minimum absolute atomic E-state index is 0.120. The lowest BCUT2D eigenvalue weighted by molar-refractivity contribution is -0.117. The molecule has 1 aliphatic heterocycles. The highest BCUT2D eigenvalue weighted by Crippen LogP contribution is 2.24. The number of pyridine rings is 1. The van der Waals surface area contributed by atoms with Gasteiger partial charge in [0.1, 0.15) is 5.69 Å². The SMILES string of the molecule is CC(NC(=O)/C=C/c1cn(-c2ccccc2)nc1-c1cccnc1)c1ccc(N2CCOCC2)cc1. The number of nitrogens with one attached hydrogen (secondary N) is 1. The number of hydrogen-bond donors (Lipinski definition) is 1. The minimum atomic E-state index is -0.163. The molecule has 0 aliphatic carbocycles. The number of para-hydroxylation sites is 1. The first-order chi connectivity index (χ1) is 17.7. The lowest BCUT2D eigenvalue weighted by atomic mass is 10.1. The minimum Gasteiger partial charge on any atom is -0.378 e. The summed E-state index contributed by atoms with van der Waals surface area (Å²) >= 11 is 0. The fourth-order valence-corrected chi connectivity index (χ4v) is 4.26. The average molecular weight is 480 g/mol. The molecule has 1 atom stereocenters. The van der Waals surface area contributed by atoms with Crippen molar-refractivity contribution >= 4 is 17.7 Å². The molecule has 36 heavy (non-hydrogen) atoms. The summed E-state index contributed by atoms with van der Waals surface area (Å²) < 4.78 is 7.25. The molecule has 3 heterocycles. The zero-order chi connectivity index (χ0) is 24.7. The Kier molecular flexibility index (Phi) is 7.19. The fourth-order valence-electron chi connectivity index (χ4n) is 4.26. The summed E-state index contributed by atoms with van der Waals surface area (Å²) in [6.45, 7) is 5.31. The molecule has 0 radical (unpaired) electrons. The van der Waals surface area contributed by atoms with Crippen LogP contribution < -0.4 is 10.2 Å². The number of ether oxygens (including phenoxy) is 1. The van der Waals surface area contributed by atoms with Crippen molar-refractivity contribution in [1.82, 2.24) is 20.1 Å². The molecule has 1 aliphatic rings. The lowest BCUT2D eigenvalue weighted by Crippen LogP contribution is -2.36. The van der Waals surface area contributed by atoms with E-state index in [0.717, 1.165) is 54.4 Å². The third kappa shape index (κ3) is 5.53. The van der Waals surface area contributed by atoms with Gasteiger partial charge in [-0.1, -0.05) is 30.3 Å². The molecule has 7 heteroatoms. The van der Waals surface area contributed by atoms with E-state index in [0.29, 0.717) is 0 Å². The van der Waals surface area contributed by atoms with Gasteiger partial charge in [-0.05, 0) is 55.0 Å². The molecule has 0 spiro atoms. The Morgan fingerprint density at radius 1 is 1.00 bits per heavy atom. The van der Waals surface area contributed by atoms with Gasteiger partial charge in [0.2, 0.25) is 5.91 Å². The zero-order valence-corrected chi connectivity index (χ0v) is 20.2. The maximum Gasteiger partial charge on any atom is 0.244 e. The van der Waals surface area contributed by atoms with Crippen LogP contribution in [-0.2, 0) is 9.53 Å². The fraction of sp³-hybridized carbons (Fsp3) is 0.207. The van der Waals surface area contributed by atoms with Gasteiger partial charge >= 0.3 is 0 Å². The third-order valence-electron chi connectivity index (χ3n) is 6.24. The van der Waals surface area contributed by atoms with E-state index in [1.54, 1.807) is 24.5 Å². The predicted octanol–water partition coefficient (Wildman–Crippen LogP) is 4.66. The van der Waals surface area contributed by atoms with Crippen LogP contribution in [0.15, 0.2) is 91.4 Å². The van der Waals surface area contributed by atoms with Crippen LogP contribution in [0, 0.1) is 0 Å². The number of amides is 1. The Hall–Kier alpha value is -4.23. The molecule has 7 nitrogen and oxygen atoms in total. The van der Waals surface area contributed by atoms with E-state index >= 15 is 0 Å². The number of benzene rings is 2.